The van der Waals surface area contributed by atoms with Gasteiger partial charge < -0.3 is 0 Å². The second-order valence-electron chi connectivity index (χ2n) is 2.94. The Bertz CT molecular complexity index is 487. The Morgan fingerprint density at radius 1 is 1.38 bits per heavy atom. The highest BCUT2D eigenvalue weighted by Crippen LogP contribution is 2.28. The van der Waals surface area contributed by atoms with Crippen molar-refractivity contribution in [1.29, 1.82) is 0 Å². The number of sulfonamides is 1. The summed E-state index contributed by atoms with van der Waals surface area (Å²) in [6.07, 6.45) is 0. The molecular weight excluding hydrogens is 252 g/mol. The van der Waals surface area contributed by atoms with Gasteiger partial charge in [0.2, 0.25) is 10.0 Å². The van der Waals surface area contributed by atoms with Gasteiger partial charge in [-0.1, -0.05) is 12.1 Å². The van der Waals surface area contributed by atoms with Gasteiger partial charge in [0.1, 0.15) is 0 Å². The van der Waals surface area contributed by atoms with E-state index in [0.717, 1.165) is 11.8 Å². The number of nitro benzene ring substituents is 1. The predicted octanol–water partition coefficient (Wildman–Crippen LogP) is 0.975. The van der Waals surface area contributed by atoms with Crippen LogP contribution in [0.4, 0.5) is 5.69 Å². The van der Waals surface area contributed by atoms with Crippen molar-refractivity contribution in [3.8, 4) is 0 Å². The number of hydrogen-bond donors (Lipinski definition) is 1. The zero-order chi connectivity index (χ0) is 12.2. The topological polar surface area (TPSA) is 103 Å². The summed E-state index contributed by atoms with van der Waals surface area (Å²) >= 11 is 1.10. The Hall–Kier alpha value is -1.12. The van der Waals surface area contributed by atoms with Crippen LogP contribution in [0.1, 0.15) is 0 Å². The lowest BCUT2D eigenvalue weighted by molar-refractivity contribution is -0.387. The van der Waals surface area contributed by atoms with E-state index >= 15 is 0 Å². The maximum Gasteiger partial charge on any atom is 0.282 e. The van der Waals surface area contributed by atoms with E-state index in [0.29, 0.717) is 4.90 Å². The summed E-state index contributed by atoms with van der Waals surface area (Å²) in [5.41, 5.74) is -0.0260. The Kier molecular flexibility index (Phi) is 4.27. The first-order valence-electron chi connectivity index (χ1n) is 4.27. The van der Waals surface area contributed by atoms with Gasteiger partial charge in [-0.3, -0.25) is 10.1 Å². The highest BCUT2D eigenvalue weighted by Gasteiger charge is 2.13. The van der Waals surface area contributed by atoms with Crippen LogP contribution in [0.3, 0.4) is 0 Å². The van der Waals surface area contributed by atoms with E-state index < -0.39 is 14.9 Å². The van der Waals surface area contributed by atoms with Crippen molar-refractivity contribution in [2.75, 3.05) is 11.5 Å². The zero-order valence-corrected chi connectivity index (χ0v) is 9.83. The van der Waals surface area contributed by atoms with Crippen molar-refractivity contribution in [2.24, 2.45) is 5.14 Å². The lowest BCUT2D eigenvalue weighted by Gasteiger charge is -2.01. The molecule has 0 aliphatic rings. The maximum absolute atomic E-state index is 10.7. The fourth-order valence-corrected chi connectivity index (χ4v) is 2.95. The molecule has 88 valence electrons. The molecule has 0 heterocycles. The number of rotatable bonds is 5. The SMILES string of the molecule is NS(=O)(=O)CCSc1ccccc1[N+](=O)[O-]. The molecule has 16 heavy (non-hydrogen) atoms. The van der Waals surface area contributed by atoms with Gasteiger partial charge in [-0.25, -0.2) is 13.6 Å². The van der Waals surface area contributed by atoms with Crippen molar-refractivity contribution in [3.63, 3.8) is 0 Å². The molecule has 1 rings (SSSR count). The Morgan fingerprint density at radius 2 is 2.00 bits per heavy atom. The number of primary sulfonamides is 1. The van der Waals surface area contributed by atoms with Gasteiger partial charge in [-0.05, 0) is 6.07 Å². The van der Waals surface area contributed by atoms with E-state index in [9.17, 15) is 18.5 Å². The molecular formula is C8H10N2O4S2. The van der Waals surface area contributed by atoms with E-state index in [1.165, 1.54) is 6.07 Å². The summed E-state index contributed by atoms with van der Waals surface area (Å²) < 4.78 is 21.3. The van der Waals surface area contributed by atoms with Crippen molar-refractivity contribution < 1.29 is 13.3 Å². The summed E-state index contributed by atoms with van der Waals surface area (Å²) in [6, 6.07) is 6.17. The number of nitro groups is 1. The fraction of sp³-hybridized carbons (Fsp3) is 0.250. The van der Waals surface area contributed by atoms with E-state index in [-0.39, 0.29) is 17.2 Å². The van der Waals surface area contributed by atoms with Gasteiger partial charge in [0.15, 0.2) is 0 Å². The summed E-state index contributed by atoms with van der Waals surface area (Å²) in [4.78, 5) is 10.6. The number of thioether (sulfide) groups is 1. The van der Waals surface area contributed by atoms with Crippen molar-refractivity contribution >= 4 is 27.5 Å². The minimum Gasteiger partial charge on any atom is -0.258 e. The van der Waals surface area contributed by atoms with Crippen molar-refractivity contribution in [2.45, 2.75) is 4.90 Å². The molecule has 0 amide bonds. The van der Waals surface area contributed by atoms with Crippen LogP contribution in [0, 0.1) is 10.1 Å². The third-order valence-electron chi connectivity index (χ3n) is 1.69. The van der Waals surface area contributed by atoms with Crippen molar-refractivity contribution in [3.05, 3.63) is 34.4 Å². The zero-order valence-electron chi connectivity index (χ0n) is 8.20. The molecule has 1 aromatic rings. The molecule has 2 N–H and O–H groups in total. The van der Waals surface area contributed by atoms with Gasteiger partial charge in [0.05, 0.1) is 15.6 Å². The van der Waals surface area contributed by atoms with Crippen LogP contribution in [0.5, 0.6) is 0 Å². The molecule has 0 saturated heterocycles. The van der Waals surface area contributed by atoms with Crippen LogP contribution in [0.15, 0.2) is 29.2 Å². The van der Waals surface area contributed by atoms with Crippen molar-refractivity contribution in [1.82, 2.24) is 0 Å². The van der Waals surface area contributed by atoms with E-state index in [1.54, 1.807) is 18.2 Å². The van der Waals surface area contributed by atoms with Gasteiger partial charge in [-0.15, -0.1) is 11.8 Å². The number of para-hydroxylation sites is 1. The number of hydrogen-bond acceptors (Lipinski definition) is 5. The molecule has 0 aromatic heterocycles. The lowest BCUT2D eigenvalue weighted by atomic mass is 10.3. The average Bonchev–Trinajstić information content (AvgIpc) is 2.16. The normalized spacial score (nSPS) is 11.3. The Balaban J connectivity index is 2.71. The first kappa shape index (κ1) is 12.9. The molecule has 8 heteroatoms. The summed E-state index contributed by atoms with van der Waals surface area (Å²) in [7, 11) is -3.52. The maximum atomic E-state index is 10.7. The quantitative estimate of drug-likeness (QED) is 0.484. The largest absolute Gasteiger partial charge is 0.282 e. The molecule has 0 spiro atoms. The lowest BCUT2D eigenvalue weighted by Crippen LogP contribution is -2.17. The minimum absolute atomic E-state index is 0.0260. The highest BCUT2D eigenvalue weighted by atomic mass is 32.2. The number of nitrogens with zero attached hydrogens (tertiary/aromatic N) is 1. The fourth-order valence-electron chi connectivity index (χ4n) is 0.998. The molecule has 0 radical (unpaired) electrons. The Morgan fingerprint density at radius 3 is 2.56 bits per heavy atom. The van der Waals surface area contributed by atoms with Gasteiger partial charge in [0.25, 0.3) is 5.69 Å². The smallest absolute Gasteiger partial charge is 0.258 e. The summed E-state index contributed by atoms with van der Waals surface area (Å²) in [5, 5.41) is 15.5. The van der Waals surface area contributed by atoms with Gasteiger partial charge in [-0.2, -0.15) is 0 Å². The third kappa shape index (κ3) is 4.17. The second kappa shape index (κ2) is 5.28. The average molecular weight is 262 g/mol. The summed E-state index contributed by atoms with van der Waals surface area (Å²) in [6.45, 7) is 0. The van der Waals surface area contributed by atoms with Crippen LogP contribution < -0.4 is 5.14 Å². The van der Waals surface area contributed by atoms with Crippen LogP contribution in [0.2, 0.25) is 0 Å². The molecule has 0 unspecified atom stereocenters. The molecule has 6 nitrogen and oxygen atoms in total. The van der Waals surface area contributed by atoms with Crippen LogP contribution >= 0.6 is 11.8 Å². The number of nitrogens with two attached hydrogens (primary N) is 1. The van der Waals surface area contributed by atoms with E-state index in [2.05, 4.69) is 0 Å². The molecule has 0 aliphatic carbocycles. The summed E-state index contributed by atoms with van der Waals surface area (Å²) in [5.74, 6) is -0.00655. The molecule has 0 atom stereocenters. The first-order valence-corrected chi connectivity index (χ1v) is 6.97. The predicted molar refractivity (Wildman–Crippen MR) is 61.8 cm³/mol. The molecule has 0 saturated carbocycles. The highest BCUT2D eigenvalue weighted by molar-refractivity contribution is 8.00. The standard InChI is InChI=1S/C8H10N2O4S2/c9-16(13,14)6-5-15-8-4-2-1-3-7(8)10(11)12/h1-4H,5-6H2,(H2,9,13,14). The minimum atomic E-state index is -3.52. The molecule has 1 aromatic carbocycles. The number of benzene rings is 1. The molecule has 0 fully saturated rings. The van der Waals surface area contributed by atoms with Crippen LogP contribution in [-0.2, 0) is 10.0 Å². The second-order valence-corrected chi connectivity index (χ2v) is 5.81. The van der Waals surface area contributed by atoms with Gasteiger partial charge >= 0.3 is 0 Å². The molecule has 0 aliphatic heterocycles. The first-order chi connectivity index (χ1) is 7.40. The molecule has 0 bridgehead atoms. The monoisotopic (exact) mass is 262 g/mol. The Labute approximate surface area is 97.0 Å². The van der Waals surface area contributed by atoms with E-state index in [4.69, 9.17) is 5.14 Å². The van der Waals surface area contributed by atoms with Crippen LogP contribution in [-0.4, -0.2) is 24.8 Å². The van der Waals surface area contributed by atoms with Gasteiger partial charge in [0, 0.05) is 11.8 Å². The third-order valence-corrected chi connectivity index (χ3v) is 3.78. The van der Waals surface area contributed by atoms with E-state index in [1.807, 2.05) is 0 Å². The van der Waals surface area contributed by atoms with Crippen LogP contribution in [0.25, 0.3) is 0 Å².